The van der Waals surface area contributed by atoms with Crippen molar-refractivity contribution in [3.8, 4) is 17.4 Å². The van der Waals surface area contributed by atoms with Gasteiger partial charge in [-0.15, -0.1) is 0 Å². The van der Waals surface area contributed by atoms with Gasteiger partial charge in [0, 0.05) is 48.6 Å². The second kappa shape index (κ2) is 11.6. The molecule has 4 fully saturated rings. The third-order valence-electron chi connectivity index (χ3n) is 10.6. The summed E-state index contributed by atoms with van der Waals surface area (Å²) in [5.74, 6) is -0.743. The average Bonchev–Trinajstić information content (AvgIpc) is 3.45. The summed E-state index contributed by atoms with van der Waals surface area (Å²) >= 11 is 0. The van der Waals surface area contributed by atoms with Gasteiger partial charge in [-0.25, -0.2) is 4.39 Å². The second-order valence-electron chi connectivity index (χ2n) is 14.0. The summed E-state index contributed by atoms with van der Waals surface area (Å²) in [4.78, 5) is 28.1. The first kappa shape index (κ1) is 31.3. The number of aromatic nitrogens is 3. The van der Waals surface area contributed by atoms with Crippen LogP contribution in [0.15, 0.2) is 35.1 Å². The maximum atomic E-state index is 15.1. The molecule has 0 spiro atoms. The number of aromatic hydroxyl groups is 1. The van der Waals surface area contributed by atoms with Crippen LogP contribution >= 0.6 is 0 Å². The molecule has 2 N–H and O–H groups in total. The minimum Gasteiger partial charge on any atom is -0.508 e. The van der Waals surface area contributed by atoms with E-state index in [1.165, 1.54) is 31.0 Å². The van der Waals surface area contributed by atoms with Gasteiger partial charge in [0.1, 0.15) is 28.6 Å². The lowest BCUT2D eigenvalue weighted by molar-refractivity contribution is -0.142. The molecule has 3 saturated heterocycles. The van der Waals surface area contributed by atoms with Gasteiger partial charge in [0.2, 0.25) is 0 Å². The Morgan fingerprint density at radius 2 is 1.79 bits per heavy atom. The molecule has 48 heavy (non-hydrogen) atoms. The van der Waals surface area contributed by atoms with Crippen molar-refractivity contribution in [1.82, 2.24) is 24.8 Å². The number of piperazine rings is 1. The van der Waals surface area contributed by atoms with E-state index in [0.29, 0.717) is 29.6 Å². The number of nitrogens with zero attached hydrogens (tertiary/aromatic N) is 5. The first-order valence-corrected chi connectivity index (χ1v) is 16.9. The molecule has 8 rings (SSSR count). The third-order valence-corrected chi connectivity index (χ3v) is 10.6. The molecule has 5 heterocycles. The maximum Gasteiger partial charge on any atom is 0.431 e. The second-order valence-corrected chi connectivity index (χ2v) is 14.0. The van der Waals surface area contributed by atoms with Crippen LogP contribution in [0.2, 0.25) is 0 Å². The summed E-state index contributed by atoms with van der Waals surface area (Å²) in [6.45, 7) is 6.06. The number of pyridine rings is 1. The predicted octanol–water partition coefficient (Wildman–Crippen LogP) is 5.56. The van der Waals surface area contributed by atoms with Crippen LogP contribution in [0.5, 0.6) is 11.8 Å². The number of hydrogen-bond acceptors (Lipinski definition) is 8. The Labute approximate surface area is 274 Å². The van der Waals surface area contributed by atoms with Crippen molar-refractivity contribution < 1.29 is 27.4 Å². The number of aryl methyl sites for hydroxylation is 1. The lowest BCUT2D eigenvalue weighted by Gasteiger charge is -2.34. The summed E-state index contributed by atoms with van der Waals surface area (Å²) in [6.07, 6.45) is 1.37. The van der Waals surface area contributed by atoms with E-state index in [-0.39, 0.29) is 69.0 Å². The molecule has 0 radical (unpaired) electrons. The normalized spacial score (nSPS) is 22.2. The van der Waals surface area contributed by atoms with Crippen molar-refractivity contribution in [1.29, 1.82) is 0 Å². The number of halogens is 4. The SMILES string of the molecule is CCc1c(F)ccc2cc(O)cc(-n3c(C(F)(F)F)cc4c(N5C[C@H]6CC[C@@H](C5)N6)nc(OCC5(CN6CCCC6)CC5)nc4c3=O)c12. The van der Waals surface area contributed by atoms with Crippen molar-refractivity contribution >= 4 is 27.5 Å². The third kappa shape index (κ3) is 5.54. The largest absolute Gasteiger partial charge is 0.508 e. The zero-order valence-corrected chi connectivity index (χ0v) is 26.7. The standard InChI is InChI=1S/C35H38F4N6O3/c1-2-24-26(36)8-5-20-13-23(46)14-27(29(20)24)45-28(35(37,38)39)15-25-30(32(45)47)41-33(42-31(25)44-16-21-6-7-22(17-44)40-21)48-19-34(9-10-34)18-43-11-3-4-12-43/h5,8,13-15,21-22,40,46H,2-4,6-7,9-12,16-19H2,1H3/t21-,22+. The number of likely N-dealkylation sites (tertiary alicyclic amines) is 1. The molecule has 13 heteroatoms. The van der Waals surface area contributed by atoms with Crippen molar-refractivity contribution in [2.24, 2.45) is 5.41 Å². The number of alkyl halides is 3. The van der Waals surface area contributed by atoms with Gasteiger partial charge in [0.05, 0.1) is 17.7 Å². The van der Waals surface area contributed by atoms with Crippen molar-refractivity contribution in [2.45, 2.75) is 70.1 Å². The van der Waals surface area contributed by atoms with Crippen LogP contribution in [0.3, 0.4) is 0 Å². The lowest BCUT2D eigenvalue weighted by atomic mass is 9.99. The van der Waals surface area contributed by atoms with Crippen molar-refractivity contribution in [3.05, 3.63) is 57.8 Å². The van der Waals surface area contributed by atoms with E-state index in [9.17, 15) is 9.90 Å². The van der Waals surface area contributed by atoms with E-state index in [0.717, 1.165) is 57.5 Å². The Hall–Kier alpha value is -3.97. The molecular weight excluding hydrogens is 628 g/mol. The van der Waals surface area contributed by atoms with Crippen LogP contribution in [-0.4, -0.2) is 76.0 Å². The van der Waals surface area contributed by atoms with E-state index in [2.05, 4.69) is 15.2 Å². The Balaban J connectivity index is 1.32. The monoisotopic (exact) mass is 666 g/mol. The maximum absolute atomic E-state index is 15.1. The molecule has 2 bridgehead atoms. The van der Waals surface area contributed by atoms with E-state index >= 15 is 17.6 Å². The number of phenols is 1. The number of rotatable bonds is 8. The van der Waals surface area contributed by atoms with Crippen LogP contribution in [0, 0.1) is 11.2 Å². The number of fused-ring (bicyclic) bond motifs is 4. The van der Waals surface area contributed by atoms with Crippen molar-refractivity contribution in [3.63, 3.8) is 0 Å². The van der Waals surface area contributed by atoms with Gasteiger partial charge in [0.25, 0.3) is 5.56 Å². The first-order valence-electron chi connectivity index (χ1n) is 16.9. The molecule has 4 aromatic rings. The molecule has 9 nitrogen and oxygen atoms in total. The predicted molar refractivity (Wildman–Crippen MR) is 174 cm³/mol. The highest BCUT2D eigenvalue weighted by Gasteiger charge is 2.45. The summed E-state index contributed by atoms with van der Waals surface area (Å²) in [7, 11) is 0. The Morgan fingerprint density at radius 3 is 2.46 bits per heavy atom. The van der Waals surface area contributed by atoms with Crippen LogP contribution in [0.25, 0.3) is 27.4 Å². The van der Waals surface area contributed by atoms with Crippen LogP contribution in [0.4, 0.5) is 23.4 Å². The number of benzene rings is 2. The molecule has 3 aliphatic heterocycles. The number of ether oxygens (including phenoxy) is 1. The Bertz CT molecular complexity index is 1960. The number of nitrogens with one attached hydrogen (secondary N) is 1. The molecule has 4 aliphatic rings. The smallest absolute Gasteiger partial charge is 0.431 e. The highest BCUT2D eigenvalue weighted by molar-refractivity contribution is 5.96. The Kier molecular flexibility index (Phi) is 7.55. The first-order chi connectivity index (χ1) is 23.0. The van der Waals surface area contributed by atoms with Crippen LogP contribution < -0.4 is 20.5 Å². The highest BCUT2D eigenvalue weighted by atomic mass is 19.4. The molecule has 2 atom stereocenters. The zero-order valence-electron chi connectivity index (χ0n) is 26.7. The van der Waals surface area contributed by atoms with E-state index < -0.39 is 23.2 Å². The van der Waals surface area contributed by atoms with Gasteiger partial charge in [-0.1, -0.05) is 13.0 Å². The number of hydrogen-bond donors (Lipinski definition) is 2. The summed E-state index contributed by atoms with van der Waals surface area (Å²) < 4.78 is 66.9. The topological polar surface area (TPSA) is 95.8 Å². The molecule has 1 aliphatic carbocycles. The molecule has 2 aromatic carbocycles. The van der Waals surface area contributed by atoms with E-state index in [1.807, 2.05) is 4.90 Å². The fraction of sp³-hybridized carbons (Fsp3) is 0.514. The quantitative estimate of drug-likeness (QED) is 0.237. The number of anilines is 1. The van der Waals surface area contributed by atoms with Gasteiger partial charge >= 0.3 is 12.2 Å². The molecular formula is C35H38F4N6O3. The van der Waals surface area contributed by atoms with Gasteiger partial charge in [-0.3, -0.25) is 9.36 Å². The highest BCUT2D eigenvalue weighted by Crippen LogP contribution is 2.47. The van der Waals surface area contributed by atoms with Crippen LogP contribution in [0.1, 0.15) is 56.7 Å². The molecule has 254 valence electrons. The lowest BCUT2D eigenvalue weighted by Crippen LogP contribution is -2.51. The van der Waals surface area contributed by atoms with E-state index in [1.54, 1.807) is 6.92 Å². The van der Waals surface area contributed by atoms with Gasteiger partial charge in [0.15, 0.2) is 0 Å². The summed E-state index contributed by atoms with van der Waals surface area (Å²) in [6, 6.07) is 6.17. The van der Waals surface area contributed by atoms with Gasteiger partial charge < -0.3 is 25.0 Å². The summed E-state index contributed by atoms with van der Waals surface area (Å²) in [5.41, 5.74) is -2.73. The van der Waals surface area contributed by atoms with E-state index in [4.69, 9.17) is 9.72 Å². The fourth-order valence-electron chi connectivity index (χ4n) is 8.03. The van der Waals surface area contributed by atoms with Gasteiger partial charge in [-0.2, -0.15) is 23.1 Å². The minimum absolute atomic E-state index is 0.0261. The minimum atomic E-state index is -4.99. The zero-order chi connectivity index (χ0) is 33.4. The Morgan fingerprint density at radius 1 is 1.06 bits per heavy atom. The van der Waals surface area contributed by atoms with Crippen LogP contribution in [-0.2, 0) is 12.6 Å². The van der Waals surface area contributed by atoms with Gasteiger partial charge in [-0.05, 0) is 87.2 Å². The fourth-order valence-corrected chi connectivity index (χ4v) is 8.03. The number of phenolic OH excluding ortho intramolecular Hbond substituents is 1. The average molecular weight is 667 g/mol. The molecule has 2 aromatic heterocycles. The van der Waals surface area contributed by atoms with Crippen molar-refractivity contribution in [2.75, 3.05) is 44.2 Å². The molecule has 0 amide bonds. The molecule has 1 saturated carbocycles. The molecule has 0 unspecified atom stereocenters. The summed E-state index contributed by atoms with van der Waals surface area (Å²) in [5, 5.41) is 14.5.